The Bertz CT molecular complexity index is 163. The van der Waals surface area contributed by atoms with Crippen molar-refractivity contribution in [2.24, 2.45) is 11.7 Å². The van der Waals surface area contributed by atoms with Crippen LogP contribution in [-0.2, 0) is 0 Å². The summed E-state index contributed by atoms with van der Waals surface area (Å²) in [6.45, 7) is 10.1. The van der Waals surface area contributed by atoms with Gasteiger partial charge in [0.15, 0.2) is 0 Å². The lowest BCUT2D eigenvalue weighted by Crippen LogP contribution is -2.55. The monoisotopic (exact) mass is 212 g/mol. The topological polar surface area (TPSA) is 29.3 Å². The van der Waals surface area contributed by atoms with Gasteiger partial charge >= 0.3 is 0 Å². The first kappa shape index (κ1) is 13.0. The van der Waals surface area contributed by atoms with Gasteiger partial charge < -0.3 is 5.73 Å². The molecule has 1 aliphatic rings. The summed E-state index contributed by atoms with van der Waals surface area (Å²) in [6, 6.07) is 0. The maximum Gasteiger partial charge on any atom is 0.0326 e. The van der Waals surface area contributed by atoms with Crippen LogP contribution in [0.25, 0.3) is 0 Å². The van der Waals surface area contributed by atoms with E-state index < -0.39 is 0 Å². The van der Waals surface area contributed by atoms with E-state index in [1.54, 1.807) is 0 Å². The minimum atomic E-state index is 0.268. The lowest BCUT2D eigenvalue weighted by molar-refractivity contribution is 0.0565. The first-order valence-electron chi connectivity index (χ1n) is 6.67. The molecule has 0 saturated heterocycles. The zero-order chi connectivity index (χ0) is 11.3. The third-order valence-corrected chi connectivity index (χ3v) is 4.45. The van der Waals surface area contributed by atoms with E-state index in [0.717, 1.165) is 19.0 Å². The number of nitrogens with two attached hydrogens (primary N) is 1. The van der Waals surface area contributed by atoms with Gasteiger partial charge in [0.1, 0.15) is 0 Å². The Labute approximate surface area is 95.2 Å². The molecule has 90 valence electrons. The highest BCUT2D eigenvalue weighted by Gasteiger charge is 2.33. The fourth-order valence-corrected chi connectivity index (χ4v) is 2.76. The van der Waals surface area contributed by atoms with Crippen LogP contribution in [-0.4, -0.2) is 30.1 Å². The van der Waals surface area contributed by atoms with Gasteiger partial charge in [0.05, 0.1) is 0 Å². The average Bonchev–Trinajstić information content (AvgIpc) is 2.22. The maximum atomic E-state index is 6.00. The van der Waals surface area contributed by atoms with Crippen molar-refractivity contribution in [3.05, 3.63) is 0 Å². The van der Waals surface area contributed by atoms with Crippen LogP contribution in [0, 0.1) is 5.92 Å². The van der Waals surface area contributed by atoms with Crippen LogP contribution in [0.5, 0.6) is 0 Å². The van der Waals surface area contributed by atoms with Crippen molar-refractivity contribution in [3.8, 4) is 0 Å². The Morgan fingerprint density at radius 2 is 1.80 bits per heavy atom. The fourth-order valence-electron chi connectivity index (χ4n) is 2.76. The van der Waals surface area contributed by atoms with Gasteiger partial charge in [0, 0.05) is 18.6 Å². The van der Waals surface area contributed by atoms with Crippen LogP contribution in [0.2, 0.25) is 0 Å². The molecule has 0 bridgehead atoms. The van der Waals surface area contributed by atoms with Crippen molar-refractivity contribution < 1.29 is 0 Å². The van der Waals surface area contributed by atoms with Crippen LogP contribution in [0.1, 0.15) is 52.9 Å². The first-order valence-corrected chi connectivity index (χ1v) is 6.67. The Kier molecular flexibility index (Phi) is 5.07. The van der Waals surface area contributed by atoms with Crippen LogP contribution < -0.4 is 5.73 Å². The smallest absolute Gasteiger partial charge is 0.0326 e. The van der Waals surface area contributed by atoms with E-state index in [2.05, 4.69) is 25.7 Å². The second-order valence-electron chi connectivity index (χ2n) is 4.97. The fraction of sp³-hybridized carbons (Fsp3) is 1.00. The molecule has 0 heterocycles. The summed E-state index contributed by atoms with van der Waals surface area (Å²) >= 11 is 0. The molecular formula is C13H28N2. The molecule has 1 rings (SSSR count). The number of hydrogen-bond donors (Lipinski definition) is 1. The predicted octanol–water partition coefficient (Wildman–Crippen LogP) is 2.63. The maximum absolute atomic E-state index is 6.00. The van der Waals surface area contributed by atoms with Crippen molar-refractivity contribution in [2.75, 3.05) is 19.6 Å². The minimum Gasteiger partial charge on any atom is -0.329 e. The molecule has 0 aromatic heterocycles. The van der Waals surface area contributed by atoms with Gasteiger partial charge in [-0.1, -0.05) is 27.2 Å². The van der Waals surface area contributed by atoms with E-state index >= 15 is 0 Å². The van der Waals surface area contributed by atoms with E-state index in [-0.39, 0.29) is 5.54 Å². The zero-order valence-electron chi connectivity index (χ0n) is 10.8. The van der Waals surface area contributed by atoms with Gasteiger partial charge in [0.2, 0.25) is 0 Å². The van der Waals surface area contributed by atoms with Crippen molar-refractivity contribution in [2.45, 2.75) is 58.4 Å². The quantitative estimate of drug-likeness (QED) is 0.703. The Morgan fingerprint density at radius 1 is 1.20 bits per heavy atom. The standard InChI is InChI=1S/C13H28N2/c1-4-13(5-2,11-14)15(6-3)10-12-8-7-9-12/h12H,4-11,14H2,1-3H3. The van der Waals surface area contributed by atoms with Gasteiger partial charge in [-0.2, -0.15) is 0 Å². The number of hydrogen-bond acceptors (Lipinski definition) is 2. The molecule has 0 aliphatic heterocycles. The zero-order valence-corrected chi connectivity index (χ0v) is 10.8. The summed E-state index contributed by atoms with van der Waals surface area (Å²) in [5, 5.41) is 0. The number of likely N-dealkylation sites (N-methyl/N-ethyl adjacent to an activating group) is 1. The molecule has 1 fully saturated rings. The van der Waals surface area contributed by atoms with Gasteiger partial charge in [-0.25, -0.2) is 0 Å². The summed E-state index contributed by atoms with van der Waals surface area (Å²) in [5.74, 6) is 0.953. The molecule has 0 amide bonds. The second-order valence-corrected chi connectivity index (χ2v) is 4.97. The second kappa shape index (κ2) is 5.86. The van der Waals surface area contributed by atoms with Gasteiger partial charge in [0.25, 0.3) is 0 Å². The van der Waals surface area contributed by atoms with Crippen LogP contribution in [0.4, 0.5) is 0 Å². The summed E-state index contributed by atoms with van der Waals surface area (Å²) in [6.07, 6.45) is 6.67. The molecule has 15 heavy (non-hydrogen) atoms. The number of rotatable bonds is 7. The highest BCUT2D eigenvalue weighted by molar-refractivity contribution is 4.90. The molecule has 0 aromatic rings. The van der Waals surface area contributed by atoms with E-state index in [1.807, 2.05) is 0 Å². The SMILES string of the molecule is CCN(CC1CCC1)C(CC)(CC)CN. The van der Waals surface area contributed by atoms with E-state index in [0.29, 0.717) is 0 Å². The summed E-state index contributed by atoms with van der Waals surface area (Å²) in [7, 11) is 0. The highest BCUT2D eigenvalue weighted by Crippen LogP contribution is 2.31. The van der Waals surface area contributed by atoms with Crippen LogP contribution in [0.3, 0.4) is 0 Å². The predicted molar refractivity (Wildman–Crippen MR) is 67.0 cm³/mol. The summed E-state index contributed by atoms with van der Waals surface area (Å²) < 4.78 is 0. The highest BCUT2D eigenvalue weighted by atomic mass is 15.2. The molecule has 2 heteroatoms. The molecular weight excluding hydrogens is 184 g/mol. The van der Waals surface area contributed by atoms with Gasteiger partial charge in [-0.15, -0.1) is 0 Å². The molecule has 1 aliphatic carbocycles. The summed E-state index contributed by atoms with van der Waals surface area (Å²) in [5.41, 5.74) is 6.27. The lowest BCUT2D eigenvalue weighted by atomic mass is 9.82. The Morgan fingerprint density at radius 3 is 2.07 bits per heavy atom. The van der Waals surface area contributed by atoms with E-state index in [1.165, 1.54) is 38.6 Å². The molecule has 0 aromatic carbocycles. The molecule has 2 N–H and O–H groups in total. The van der Waals surface area contributed by atoms with Gasteiger partial charge in [-0.05, 0) is 38.1 Å². The average molecular weight is 212 g/mol. The normalized spacial score (nSPS) is 18.2. The van der Waals surface area contributed by atoms with Crippen molar-refractivity contribution in [1.82, 2.24) is 4.90 Å². The molecule has 2 nitrogen and oxygen atoms in total. The summed E-state index contributed by atoms with van der Waals surface area (Å²) in [4.78, 5) is 2.64. The molecule has 0 atom stereocenters. The third kappa shape index (κ3) is 2.73. The Balaban J connectivity index is 2.58. The van der Waals surface area contributed by atoms with Crippen molar-refractivity contribution in [3.63, 3.8) is 0 Å². The first-order chi connectivity index (χ1) is 7.22. The number of nitrogens with zero attached hydrogens (tertiary/aromatic N) is 1. The minimum absolute atomic E-state index is 0.268. The molecule has 1 saturated carbocycles. The third-order valence-electron chi connectivity index (χ3n) is 4.45. The van der Waals surface area contributed by atoms with E-state index in [4.69, 9.17) is 5.73 Å². The largest absolute Gasteiger partial charge is 0.329 e. The van der Waals surface area contributed by atoms with E-state index in [9.17, 15) is 0 Å². The molecule has 0 unspecified atom stereocenters. The van der Waals surface area contributed by atoms with Crippen molar-refractivity contribution >= 4 is 0 Å². The molecule has 0 spiro atoms. The Hall–Kier alpha value is -0.0800. The van der Waals surface area contributed by atoms with Crippen LogP contribution >= 0.6 is 0 Å². The molecule has 0 radical (unpaired) electrons. The van der Waals surface area contributed by atoms with Gasteiger partial charge in [-0.3, -0.25) is 4.90 Å². The van der Waals surface area contributed by atoms with Crippen LogP contribution in [0.15, 0.2) is 0 Å². The van der Waals surface area contributed by atoms with Crippen molar-refractivity contribution in [1.29, 1.82) is 0 Å². The lowest BCUT2D eigenvalue weighted by Gasteiger charge is -2.45.